The number of halogens is 1. The van der Waals surface area contributed by atoms with Crippen LogP contribution in [0.2, 0.25) is 5.15 Å². The van der Waals surface area contributed by atoms with E-state index in [9.17, 15) is 5.11 Å². The lowest BCUT2D eigenvalue weighted by Gasteiger charge is -2.36. The van der Waals surface area contributed by atoms with E-state index in [0.29, 0.717) is 5.15 Å². The molecule has 0 amide bonds. The Labute approximate surface area is 113 Å². The SMILES string of the molecule is CCc1nc(Cl)c(C)c(N2CCCCC2CO)n1. The predicted octanol–water partition coefficient (Wildman–Crippen LogP) is 2.35. The van der Waals surface area contributed by atoms with Gasteiger partial charge in [0.2, 0.25) is 0 Å². The monoisotopic (exact) mass is 269 g/mol. The van der Waals surface area contributed by atoms with Crippen molar-refractivity contribution >= 4 is 17.4 Å². The van der Waals surface area contributed by atoms with Crippen LogP contribution < -0.4 is 4.90 Å². The lowest BCUT2D eigenvalue weighted by Crippen LogP contribution is -2.43. The molecule has 1 N–H and O–H groups in total. The first kappa shape index (κ1) is 13.6. The third-order valence-electron chi connectivity index (χ3n) is 3.53. The average molecular weight is 270 g/mol. The van der Waals surface area contributed by atoms with Crippen molar-refractivity contribution in [2.24, 2.45) is 0 Å². The second-order valence-corrected chi connectivity index (χ2v) is 5.12. The van der Waals surface area contributed by atoms with Crippen molar-refractivity contribution < 1.29 is 5.11 Å². The highest BCUT2D eigenvalue weighted by Gasteiger charge is 2.25. The van der Waals surface area contributed by atoms with Crippen molar-refractivity contribution in [3.05, 3.63) is 16.5 Å². The Hall–Kier alpha value is -0.870. The molecule has 0 aliphatic carbocycles. The zero-order chi connectivity index (χ0) is 13.1. The maximum Gasteiger partial charge on any atom is 0.137 e. The zero-order valence-electron chi connectivity index (χ0n) is 11.0. The Morgan fingerprint density at radius 1 is 1.39 bits per heavy atom. The molecule has 0 bridgehead atoms. The van der Waals surface area contributed by atoms with Gasteiger partial charge in [0, 0.05) is 18.5 Å². The van der Waals surface area contributed by atoms with E-state index in [4.69, 9.17) is 11.6 Å². The summed E-state index contributed by atoms with van der Waals surface area (Å²) in [5.74, 6) is 1.66. The molecule has 0 saturated carbocycles. The second kappa shape index (κ2) is 5.85. The molecule has 100 valence electrons. The lowest BCUT2D eigenvalue weighted by atomic mass is 10.0. The van der Waals surface area contributed by atoms with Crippen LogP contribution in [-0.4, -0.2) is 34.3 Å². The molecule has 1 unspecified atom stereocenters. The molecule has 0 spiro atoms. The Kier molecular flexibility index (Phi) is 4.40. The molecule has 1 saturated heterocycles. The van der Waals surface area contributed by atoms with Gasteiger partial charge in [0.25, 0.3) is 0 Å². The summed E-state index contributed by atoms with van der Waals surface area (Å²) in [6, 6.07) is 0.160. The molecule has 1 aromatic heterocycles. The molecule has 5 heteroatoms. The van der Waals surface area contributed by atoms with Gasteiger partial charge in [-0.3, -0.25) is 0 Å². The fraction of sp³-hybridized carbons (Fsp3) is 0.692. The highest BCUT2D eigenvalue weighted by atomic mass is 35.5. The Morgan fingerprint density at radius 3 is 2.83 bits per heavy atom. The number of aliphatic hydroxyl groups is 1. The van der Waals surface area contributed by atoms with Crippen molar-refractivity contribution in [2.75, 3.05) is 18.1 Å². The van der Waals surface area contributed by atoms with Gasteiger partial charge in [-0.15, -0.1) is 0 Å². The molecule has 1 fully saturated rings. The predicted molar refractivity (Wildman–Crippen MR) is 73.2 cm³/mol. The molecule has 1 aromatic rings. The molecular formula is C13H20ClN3O. The summed E-state index contributed by atoms with van der Waals surface area (Å²) >= 11 is 6.17. The van der Waals surface area contributed by atoms with Crippen LogP contribution in [0.15, 0.2) is 0 Å². The van der Waals surface area contributed by atoms with Crippen molar-refractivity contribution in [3.8, 4) is 0 Å². The van der Waals surface area contributed by atoms with Gasteiger partial charge in [-0.25, -0.2) is 9.97 Å². The van der Waals surface area contributed by atoms with Gasteiger partial charge >= 0.3 is 0 Å². The fourth-order valence-corrected chi connectivity index (χ4v) is 2.61. The maximum absolute atomic E-state index is 9.49. The van der Waals surface area contributed by atoms with Crippen LogP contribution in [0.1, 0.15) is 37.6 Å². The Balaban J connectivity index is 2.38. The van der Waals surface area contributed by atoms with E-state index >= 15 is 0 Å². The number of anilines is 1. The van der Waals surface area contributed by atoms with Gasteiger partial charge in [-0.05, 0) is 26.2 Å². The highest BCUT2D eigenvalue weighted by Crippen LogP contribution is 2.29. The number of aliphatic hydroxyl groups excluding tert-OH is 1. The third kappa shape index (κ3) is 2.59. The van der Waals surface area contributed by atoms with E-state index in [1.165, 1.54) is 6.42 Å². The van der Waals surface area contributed by atoms with Crippen molar-refractivity contribution in [1.29, 1.82) is 0 Å². The van der Waals surface area contributed by atoms with E-state index in [2.05, 4.69) is 14.9 Å². The molecule has 4 nitrogen and oxygen atoms in total. The van der Waals surface area contributed by atoms with Crippen LogP contribution in [0.5, 0.6) is 0 Å². The number of aryl methyl sites for hydroxylation is 1. The molecule has 1 aliphatic rings. The molecular weight excluding hydrogens is 250 g/mol. The zero-order valence-corrected chi connectivity index (χ0v) is 11.7. The summed E-state index contributed by atoms with van der Waals surface area (Å²) in [6.07, 6.45) is 4.09. The van der Waals surface area contributed by atoms with E-state index in [1.807, 2.05) is 13.8 Å². The molecule has 0 aromatic carbocycles. The van der Waals surface area contributed by atoms with E-state index in [1.54, 1.807) is 0 Å². The van der Waals surface area contributed by atoms with Crippen LogP contribution in [0.4, 0.5) is 5.82 Å². The minimum Gasteiger partial charge on any atom is -0.394 e. The van der Waals surface area contributed by atoms with Gasteiger partial charge in [0.15, 0.2) is 0 Å². The van der Waals surface area contributed by atoms with Crippen LogP contribution in [0, 0.1) is 6.92 Å². The molecule has 1 atom stereocenters. The van der Waals surface area contributed by atoms with E-state index in [-0.39, 0.29) is 12.6 Å². The number of aromatic nitrogens is 2. The summed E-state index contributed by atoms with van der Waals surface area (Å²) in [7, 11) is 0. The van der Waals surface area contributed by atoms with Gasteiger partial charge < -0.3 is 10.0 Å². The van der Waals surface area contributed by atoms with Gasteiger partial charge in [0.05, 0.1) is 12.6 Å². The Bertz CT molecular complexity index is 425. The topological polar surface area (TPSA) is 49.2 Å². The molecule has 2 rings (SSSR count). The highest BCUT2D eigenvalue weighted by molar-refractivity contribution is 6.30. The van der Waals surface area contributed by atoms with E-state index < -0.39 is 0 Å². The normalized spacial score (nSPS) is 20.2. The number of piperidine rings is 1. The Morgan fingerprint density at radius 2 is 2.17 bits per heavy atom. The number of hydrogen-bond acceptors (Lipinski definition) is 4. The van der Waals surface area contributed by atoms with Crippen LogP contribution in [0.3, 0.4) is 0 Å². The summed E-state index contributed by atoms with van der Waals surface area (Å²) in [5.41, 5.74) is 0.911. The maximum atomic E-state index is 9.49. The second-order valence-electron chi connectivity index (χ2n) is 4.76. The molecule has 2 heterocycles. The number of nitrogens with zero attached hydrogens (tertiary/aromatic N) is 3. The van der Waals surface area contributed by atoms with Crippen molar-refractivity contribution in [3.63, 3.8) is 0 Å². The summed E-state index contributed by atoms with van der Waals surface area (Å²) in [4.78, 5) is 11.0. The smallest absolute Gasteiger partial charge is 0.137 e. The van der Waals surface area contributed by atoms with Crippen LogP contribution >= 0.6 is 11.6 Å². The van der Waals surface area contributed by atoms with E-state index in [0.717, 1.165) is 43.0 Å². The third-order valence-corrected chi connectivity index (χ3v) is 3.90. The quantitative estimate of drug-likeness (QED) is 0.856. The first-order valence-corrected chi connectivity index (χ1v) is 6.95. The number of hydrogen-bond donors (Lipinski definition) is 1. The largest absolute Gasteiger partial charge is 0.394 e. The first-order chi connectivity index (χ1) is 8.67. The van der Waals surface area contributed by atoms with Gasteiger partial charge in [-0.1, -0.05) is 18.5 Å². The van der Waals surface area contributed by atoms with Gasteiger partial charge in [0.1, 0.15) is 16.8 Å². The number of rotatable bonds is 3. The minimum absolute atomic E-state index is 0.160. The summed E-state index contributed by atoms with van der Waals surface area (Å²) in [5, 5.41) is 10.0. The van der Waals surface area contributed by atoms with Crippen LogP contribution in [-0.2, 0) is 6.42 Å². The van der Waals surface area contributed by atoms with Crippen molar-refractivity contribution in [1.82, 2.24) is 9.97 Å². The lowest BCUT2D eigenvalue weighted by molar-refractivity contribution is 0.239. The summed E-state index contributed by atoms with van der Waals surface area (Å²) < 4.78 is 0. The van der Waals surface area contributed by atoms with Crippen molar-refractivity contribution in [2.45, 2.75) is 45.6 Å². The fourth-order valence-electron chi connectivity index (χ4n) is 2.43. The minimum atomic E-state index is 0.160. The molecule has 18 heavy (non-hydrogen) atoms. The molecule has 0 radical (unpaired) electrons. The average Bonchev–Trinajstić information content (AvgIpc) is 2.41. The van der Waals surface area contributed by atoms with Gasteiger partial charge in [-0.2, -0.15) is 0 Å². The first-order valence-electron chi connectivity index (χ1n) is 6.57. The molecule has 1 aliphatic heterocycles. The summed E-state index contributed by atoms with van der Waals surface area (Å²) in [6.45, 7) is 5.07. The standard InChI is InChI=1S/C13H20ClN3O/c1-3-11-15-12(14)9(2)13(16-11)17-7-5-4-6-10(17)8-18/h10,18H,3-8H2,1-2H3. The van der Waals surface area contributed by atoms with Crippen LogP contribution in [0.25, 0.3) is 0 Å².